The van der Waals surface area contributed by atoms with E-state index in [1.807, 2.05) is 0 Å². The maximum Gasteiger partial charge on any atom is 0.0725 e. The van der Waals surface area contributed by atoms with E-state index in [0.29, 0.717) is 6.10 Å². The van der Waals surface area contributed by atoms with Crippen molar-refractivity contribution in [1.29, 1.82) is 0 Å². The first kappa shape index (κ1) is 8.02. The largest absolute Gasteiger partial charge is 0.377 e. The van der Waals surface area contributed by atoms with E-state index in [0.717, 1.165) is 19.4 Å². The summed E-state index contributed by atoms with van der Waals surface area (Å²) in [4.78, 5) is 0. The van der Waals surface area contributed by atoms with Crippen LogP contribution in [0.5, 0.6) is 0 Å². The fraction of sp³-hybridized carbons (Fsp3) is 1.00. The van der Waals surface area contributed by atoms with Crippen LogP contribution in [-0.4, -0.2) is 18.8 Å². The van der Waals surface area contributed by atoms with Crippen molar-refractivity contribution < 1.29 is 4.74 Å². The second kappa shape index (κ2) is 3.94. The van der Waals surface area contributed by atoms with Crippen LogP contribution in [0.3, 0.4) is 0 Å². The monoisotopic (exact) mass is 143 g/mol. The lowest BCUT2D eigenvalue weighted by Crippen LogP contribution is -2.38. The predicted octanol–water partition coefficient (Wildman–Crippen LogP) is 1.29. The van der Waals surface area contributed by atoms with Crippen LogP contribution in [0.1, 0.15) is 32.6 Å². The van der Waals surface area contributed by atoms with Gasteiger partial charge in [0, 0.05) is 12.6 Å². The molecule has 2 N–H and O–H groups in total. The molecule has 0 aromatic heterocycles. The highest BCUT2D eigenvalue weighted by Crippen LogP contribution is 2.15. The molecule has 0 amide bonds. The van der Waals surface area contributed by atoms with Crippen molar-refractivity contribution in [3.05, 3.63) is 0 Å². The molecule has 1 fully saturated rings. The summed E-state index contributed by atoms with van der Waals surface area (Å²) < 4.78 is 5.51. The van der Waals surface area contributed by atoms with Crippen molar-refractivity contribution in [2.75, 3.05) is 6.61 Å². The second-order valence-electron chi connectivity index (χ2n) is 2.98. The van der Waals surface area contributed by atoms with Crippen molar-refractivity contribution >= 4 is 0 Å². The van der Waals surface area contributed by atoms with Gasteiger partial charge in [0.1, 0.15) is 0 Å². The van der Waals surface area contributed by atoms with Gasteiger partial charge in [-0.2, -0.15) is 0 Å². The molecule has 1 aliphatic rings. The molecule has 1 aliphatic heterocycles. The molecule has 0 bridgehead atoms. The third-order valence-corrected chi connectivity index (χ3v) is 2.16. The highest BCUT2D eigenvalue weighted by molar-refractivity contribution is 4.74. The first-order valence-electron chi connectivity index (χ1n) is 4.21. The first-order valence-corrected chi connectivity index (χ1v) is 4.21. The van der Waals surface area contributed by atoms with Crippen LogP contribution in [0.25, 0.3) is 0 Å². The number of hydrogen-bond donors (Lipinski definition) is 1. The maximum atomic E-state index is 5.82. The van der Waals surface area contributed by atoms with Gasteiger partial charge in [-0.15, -0.1) is 0 Å². The molecule has 0 radical (unpaired) electrons. The van der Waals surface area contributed by atoms with Crippen LogP contribution in [0, 0.1) is 0 Å². The summed E-state index contributed by atoms with van der Waals surface area (Å²) in [5.74, 6) is 0. The van der Waals surface area contributed by atoms with Crippen LogP contribution in [-0.2, 0) is 4.74 Å². The van der Waals surface area contributed by atoms with E-state index in [1.54, 1.807) is 0 Å². The van der Waals surface area contributed by atoms with E-state index < -0.39 is 0 Å². The molecule has 0 aliphatic carbocycles. The van der Waals surface area contributed by atoms with E-state index >= 15 is 0 Å². The summed E-state index contributed by atoms with van der Waals surface area (Å²) >= 11 is 0. The minimum atomic E-state index is 0.264. The Morgan fingerprint density at radius 2 is 2.40 bits per heavy atom. The van der Waals surface area contributed by atoms with Gasteiger partial charge in [-0.3, -0.25) is 0 Å². The quantitative estimate of drug-likeness (QED) is 0.632. The van der Waals surface area contributed by atoms with Gasteiger partial charge in [-0.25, -0.2) is 0 Å². The van der Waals surface area contributed by atoms with Crippen molar-refractivity contribution in [2.24, 2.45) is 5.73 Å². The second-order valence-corrected chi connectivity index (χ2v) is 2.98. The van der Waals surface area contributed by atoms with Gasteiger partial charge < -0.3 is 10.5 Å². The molecule has 0 saturated carbocycles. The van der Waals surface area contributed by atoms with Gasteiger partial charge in [0.15, 0.2) is 0 Å². The summed E-state index contributed by atoms with van der Waals surface area (Å²) in [5, 5.41) is 0. The Morgan fingerprint density at radius 3 is 2.90 bits per heavy atom. The van der Waals surface area contributed by atoms with Gasteiger partial charge in [-0.05, 0) is 25.7 Å². The van der Waals surface area contributed by atoms with Crippen molar-refractivity contribution in [1.82, 2.24) is 0 Å². The summed E-state index contributed by atoms with van der Waals surface area (Å²) in [5.41, 5.74) is 5.82. The third-order valence-electron chi connectivity index (χ3n) is 2.16. The molecule has 60 valence electrons. The molecular formula is C8H17NO. The minimum Gasteiger partial charge on any atom is -0.377 e. The molecular weight excluding hydrogens is 126 g/mol. The van der Waals surface area contributed by atoms with Crippen molar-refractivity contribution in [2.45, 2.75) is 44.8 Å². The Morgan fingerprint density at radius 1 is 1.60 bits per heavy atom. The smallest absolute Gasteiger partial charge is 0.0725 e. The molecule has 10 heavy (non-hydrogen) atoms. The van der Waals surface area contributed by atoms with Crippen molar-refractivity contribution in [3.63, 3.8) is 0 Å². The molecule has 2 atom stereocenters. The highest BCUT2D eigenvalue weighted by Gasteiger charge is 2.19. The first-order chi connectivity index (χ1) is 4.84. The fourth-order valence-electron chi connectivity index (χ4n) is 1.37. The lowest BCUT2D eigenvalue weighted by molar-refractivity contribution is -0.0000974. The molecule has 1 saturated heterocycles. The van der Waals surface area contributed by atoms with Gasteiger partial charge in [0.25, 0.3) is 0 Å². The van der Waals surface area contributed by atoms with Crippen LogP contribution >= 0.6 is 0 Å². The highest BCUT2D eigenvalue weighted by atomic mass is 16.5. The predicted molar refractivity (Wildman–Crippen MR) is 41.9 cm³/mol. The zero-order valence-electron chi connectivity index (χ0n) is 6.68. The molecule has 2 heteroatoms. The van der Waals surface area contributed by atoms with E-state index in [4.69, 9.17) is 10.5 Å². The summed E-state index contributed by atoms with van der Waals surface area (Å²) in [6.45, 7) is 3.03. The number of hydrogen-bond acceptors (Lipinski definition) is 2. The van der Waals surface area contributed by atoms with Gasteiger partial charge >= 0.3 is 0 Å². The van der Waals surface area contributed by atoms with Crippen LogP contribution < -0.4 is 5.73 Å². The van der Waals surface area contributed by atoms with Gasteiger partial charge in [0.2, 0.25) is 0 Å². The summed E-state index contributed by atoms with van der Waals surface area (Å²) in [6.07, 6.45) is 5.05. The Balaban J connectivity index is 2.24. The molecule has 2 nitrogen and oxygen atoms in total. The molecule has 1 rings (SSSR count). The molecule has 0 spiro atoms. The van der Waals surface area contributed by atoms with Crippen molar-refractivity contribution in [3.8, 4) is 0 Å². The van der Waals surface area contributed by atoms with Gasteiger partial charge in [0.05, 0.1) is 6.10 Å². The van der Waals surface area contributed by atoms with Crippen LogP contribution in [0.2, 0.25) is 0 Å². The lowest BCUT2D eigenvalue weighted by atomic mass is 10.0. The van der Waals surface area contributed by atoms with E-state index in [2.05, 4.69) is 6.92 Å². The van der Waals surface area contributed by atoms with Crippen LogP contribution in [0.15, 0.2) is 0 Å². The number of nitrogens with two attached hydrogens (primary N) is 1. The Bertz CT molecular complexity index is 89.3. The van der Waals surface area contributed by atoms with Crippen LogP contribution in [0.4, 0.5) is 0 Å². The average molecular weight is 143 g/mol. The molecule has 0 aromatic carbocycles. The Labute approximate surface area is 62.7 Å². The topological polar surface area (TPSA) is 35.2 Å². The normalized spacial score (nSPS) is 30.0. The standard InChI is InChI=1S/C8H17NO/c1-2-7(9)8-5-3-4-6-10-8/h7-8H,2-6,9H2,1H3/t7-,8-/m1/s1. The molecule has 0 aromatic rings. The zero-order chi connectivity index (χ0) is 7.40. The maximum absolute atomic E-state index is 5.82. The number of ether oxygens (including phenoxy) is 1. The van der Waals surface area contributed by atoms with E-state index in [-0.39, 0.29) is 6.04 Å². The lowest BCUT2D eigenvalue weighted by Gasteiger charge is -2.26. The van der Waals surface area contributed by atoms with E-state index in [9.17, 15) is 0 Å². The van der Waals surface area contributed by atoms with E-state index in [1.165, 1.54) is 12.8 Å². The zero-order valence-corrected chi connectivity index (χ0v) is 6.68. The molecule has 0 unspecified atom stereocenters. The minimum absolute atomic E-state index is 0.264. The fourth-order valence-corrected chi connectivity index (χ4v) is 1.37. The average Bonchev–Trinajstić information content (AvgIpc) is 2.05. The summed E-state index contributed by atoms with van der Waals surface area (Å²) in [7, 11) is 0. The molecule has 1 heterocycles. The number of rotatable bonds is 2. The van der Waals surface area contributed by atoms with Gasteiger partial charge in [-0.1, -0.05) is 6.92 Å². The summed E-state index contributed by atoms with van der Waals surface area (Å²) in [6, 6.07) is 0.264. The Kier molecular flexibility index (Phi) is 3.16. The third kappa shape index (κ3) is 1.96. The Hall–Kier alpha value is -0.0800. The SMILES string of the molecule is CC[C@@H](N)[C@H]1CCCCO1.